The first kappa shape index (κ1) is 17.9. The second-order valence-corrected chi connectivity index (χ2v) is 8.68. The number of carbonyl (C=O) groups is 2. The van der Waals surface area contributed by atoms with E-state index >= 15 is 0 Å². The molecule has 26 heavy (non-hydrogen) atoms. The maximum atomic E-state index is 12.5. The zero-order valence-corrected chi connectivity index (χ0v) is 15.9. The van der Waals surface area contributed by atoms with Gasteiger partial charge >= 0.3 is 0 Å². The maximum absolute atomic E-state index is 12.5. The molecule has 1 aromatic rings. The van der Waals surface area contributed by atoms with Crippen molar-refractivity contribution in [2.75, 3.05) is 13.1 Å². The van der Waals surface area contributed by atoms with Gasteiger partial charge in [0.1, 0.15) is 5.75 Å². The molecule has 2 unspecified atom stereocenters. The van der Waals surface area contributed by atoms with Crippen molar-refractivity contribution < 1.29 is 14.7 Å². The Hall–Kier alpha value is -1.46. The SMILES string of the molecule is O=C(NC1C2CC1CN(C(=O)CC1CCC1)C2)c1cc(Cl)cc(Cl)c1O. The predicted octanol–water partition coefficient (Wildman–Crippen LogP) is 3.47. The van der Waals surface area contributed by atoms with Crippen molar-refractivity contribution >= 4 is 35.0 Å². The molecule has 0 aromatic heterocycles. The van der Waals surface area contributed by atoms with Gasteiger partial charge in [0.15, 0.2) is 0 Å². The number of nitrogens with one attached hydrogen (secondary N) is 1. The molecule has 4 fully saturated rings. The third kappa shape index (κ3) is 3.27. The molecule has 2 aliphatic heterocycles. The number of rotatable bonds is 4. The smallest absolute Gasteiger partial charge is 0.255 e. The summed E-state index contributed by atoms with van der Waals surface area (Å²) in [6, 6.07) is 2.85. The van der Waals surface area contributed by atoms with Crippen LogP contribution >= 0.6 is 23.2 Å². The van der Waals surface area contributed by atoms with Crippen molar-refractivity contribution in [2.45, 2.75) is 38.1 Å². The molecule has 7 heteroatoms. The molecule has 2 saturated heterocycles. The van der Waals surface area contributed by atoms with E-state index in [0.29, 0.717) is 30.5 Å². The molecule has 2 amide bonds. The number of amides is 2. The molecule has 0 radical (unpaired) electrons. The fraction of sp³-hybridized carbons (Fsp3) is 0.579. The normalized spacial score (nSPS) is 27.5. The van der Waals surface area contributed by atoms with Crippen LogP contribution in [0.4, 0.5) is 0 Å². The van der Waals surface area contributed by atoms with Crippen molar-refractivity contribution in [1.82, 2.24) is 10.2 Å². The van der Waals surface area contributed by atoms with Crippen LogP contribution in [0.5, 0.6) is 5.75 Å². The summed E-state index contributed by atoms with van der Waals surface area (Å²) in [4.78, 5) is 26.9. The Morgan fingerprint density at radius 1 is 1.19 bits per heavy atom. The first-order valence-corrected chi connectivity index (χ1v) is 9.94. The minimum atomic E-state index is -0.374. The van der Waals surface area contributed by atoms with Crippen LogP contribution in [0.2, 0.25) is 10.0 Å². The van der Waals surface area contributed by atoms with Crippen molar-refractivity contribution in [3.63, 3.8) is 0 Å². The monoisotopic (exact) mass is 396 g/mol. The highest BCUT2D eigenvalue weighted by atomic mass is 35.5. The van der Waals surface area contributed by atoms with Crippen molar-refractivity contribution in [1.29, 1.82) is 0 Å². The molecule has 2 saturated carbocycles. The van der Waals surface area contributed by atoms with Crippen LogP contribution in [0.15, 0.2) is 12.1 Å². The zero-order valence-electron chi connectivity index (χ0n) is 14.4. The van der Waals surface area contributed by atoms with Gasteiger partial charge in [0.2, 0.25) is 5.91 Å². The summed E-state index contributed by atoms with van der Waals surface area (Å²) < 4.78 is 0. The Labute approximate surface area is 162 Å². The number of halogens is 2. The molecule has 1 aromatic carbocycles. The van der Waals surface area contributed by atoms with E-state index in [9.17, 15) is 14.7 Å². The molecule has 2 N–H and O–H groups in total. The lowest BCUT2D eigenvalue weighted by Crippen LogP contribution is -2.65. The van der Waals surface area contributed by atoms with E-state index in [0.717, 1.165) is 6.42 Å². The highest BCUT2D eigenvalue weighted by Gasteiger charge is 2.48. The predicted molar refractivity (Wildman–Crippen MR) is 99.5 cm³/mol. The third-order valence-corrected chi connectivity index (χ3v) is 6.65. The number of piperidine rings is 2. The minimum Gasteiger partial charge on any atom is -0.506 e. The van der Waals surface area contributed by atoms with Crippen molar-refractivity contribution in [3.05, 3.63) is 27.7 Å². The van der Waals surface area contributed by atoms with Gasteiger partial charge in [0.05, 0.1) is 10.6 Å². The molecule has 140 valence electrons. The number of aromatic hydroxyl groups is 1. The molecule has 4 aliphatic rings. The van der Waals surface area contributed by atoms with Crippen LogP contribution in [0.3, 0.4) is 0 Å². The molecule has 5 rings (SSSR count). The summed E-state index contributed by atoms with van der Waals surface area (Å²) in [6.07, 6.45) is 5.30. The Kier molecular flexibility index (Phi) is 4.78. The largest absolute Gasteiger partial charge is 0.506 e. The Balaban J connectivity index is 1.36. The lowest BCUT2D eigenvalue weighted by molar-refractivity contribution is -0.141. The van der Waals surface area contributed by atoms with Gasteiger partial charge < -0.3 is 15.3 Å². The Bertz CT molecular complexity index is 739. The van der Waals surface area contributed by atoms with Crippen molar-refractivity contribution in [3.8, 4) is 5.75 Å². The number of carbonyl (C=O) groups excluding carboxylic acids is 2. The molecule has 5 nitrogen and oxygen atoms in total. The minimum absolute atomic E-state index is 0.0346. The first-order chi connectivity index (χ1) is 12.4. The highest BCUT2D eigenvalue weighted by molar-refractivity contribution is 6.36. The van der Waals surface area contributed by atoms with Crippen LogP contribution < -0.4 is 5.32 Å². The van der Waals surface area contributed by atoms with Gasteiger partial charge in [0.25, 0.3) is 5.91 Å². The molecule has 0 spiro atoms. The number of nitrogens with zero attached hydrogens (tertiary/aromatic N) is 1. The number of benzene rings is 1. The van der Waals surface area contributed by atoms with Gasteiger partial charge in [-0.1, -0.05) is 29.6 Å². The van der Waals surface area contributed by atoms with E-state index in [-0.39, 0.29) is 46.0 Å². The van der Waals surface area contributed by atoms with Gasteiger partial charge in [-0.25, -0.2) is 0 Å². The summed E-state index contributed by atoms with van der Waals surface area (Å²) in [6.45, 7) is 1.41. The number of phenols is 1. The lowest BCUT2D eigenvalue weighted by atomic mass is 9.66. The van der Waals surface area contributed by atoms with Crippen LogP contribution in [0.25, 0.3) is 0 Å². The van der Waals surface area contributed by atoms with Crippen LogP contribution in [-0.4, -0.2) is 41.0 Å². The van der Waals surface area contributed by atoms with Crippen LogP contribution in [0, 0.1) is 17.8 Å². The maximum Gasteiger partial charge on any atom is 0.255 e. The second kappa shape index (κ2) is 6.93. The van der Waals surface area contributed by atoms with Gasteiger partial charge in [0, 0.05) is 30.6 Å². The topological polar surface area (TPSA) is 69.6 Å². The quantitative estimate of drug-likeness (QED) is 0.818. The number of phenolic OH excluding ortho intramolecular Hbond substituents is 1. The first-order valence-electron chi connectivity index (χ1n) is 9.19. The fourth-order valence-corrected chi connectivity index (χ4v) is 4.86. The van der Waals surface area contributed by atoms with E-state index in [2.05, 4.69) is 5.32 Å². The molecular formula is C19H22Cl2N2O3. The summed E-state index contributed by atoms with van der Waals surface area (Å²) in [5, 5.41) is 13.4. The second-order valence-electron chi connectivity index (χ2n) is 7.84. The van der Waals surface area contributed by atoms with Crippen molar-refractivity contribution in [2.24, 2.45) is 17.8 Å². The molecular weight excluding hydrogens is 375 g/mol. The number of hydrogen-bond donors (Lipinski definition) is 2. The van der Waals surface area contributed by atoms with E-state index in [1.165, 1.54) is 31.4 Å². The average molecular weight is 397 g/mol. The van der Waals surface area contributed by atoms with Gasteiger partial charge in [-0.3, -0.25) is 9.59 Å². The van der Waals surface area contributed by atoms with E-state index in [1.54, 1.807) is 0 Å². The number of hydrogen-bond acceptors (Lipinski definition) is 3. The van der Waals surface area contributed by atoms with Gasteiger partial charge in [-0.05, 0) is 49.1 Å². The summed E-state index contributed by atoms with van der Waals surface area (Å²) in [5.41, 5.74) is 0.0883. The Morgan fingerprint density at radius 2 is 1.88 bits per heavy atom. The summed E-state index contributed by atoms with van der Waals surface area (Å²) in [5.74, 6) is 0.760. The van der Waals surface area contributed by atoms with E-state index in [1.807, 2.05) is 4.90 Å². The average Bonchev–Trinajstić information content (AvgIpc) is 2.58. The van der Waals surface area contributed by atoms with Crippen LogP contribution in [-0.2, 0) is 4.79 Å². The molecule has 2 bridgehead atoms. The fourth-order valence-electron chi connectivity index (χ4n) is 4.37. The van der Waals surface area contributed by atoms with Crippen LogP contribution in [0.1, 0.15) is 42.5 Å². The molecule has 2 atom stereocenters. The lowest BCUT2D eigenvalue weighted by Gasteiger charge is -2.53. The van der Waals surface area contributed by atoms with E-state index in [4.69, 9.17) is 23.2 Å². The molecule has 2 heterocycles. The third-order valence-electron chi connectivity index (χ3n) is 6.14. The highest BCUT2D eigenvalue weighted by Crippen LogP contribution is 2.41. The van der Waals surface area contributed by atoms with E-state index < -0.39 is 0 Å². The molecule has 2 aliphatic carbocycles. The number of fused-ring (bicyclic) bond motifs is 2. The summed E-state index contributed by atoms with van der Waals surface area (Å²) >= 11 is 11.8. The Morgan fingerprint density at radius 3 is 2.50 bits per heavy atom. The summed E-state index contributed by atoms with van der Waals surface area (Å²) in [7, 11) is 0. The van der Waals surface area contributed by atoms with Gasteiger partial charge in [-0.15, -0.1) is 0 Å². The zero-order chi connectivity index (χ0) is 18.4. The standard InChI is InChI=1S/C19H22Cl2N2O3/c20-13-6-14(18(25)15(21)7-13)19(26)22-17-11-5-12(17)9-23(8-11)16(24)4-10-2-1-3-10/h6-7,10-12,17,25H,1-5,8-9H2,(H,22,26). The van der Waals surface area contributed by atoms with Gasteiger partial charge in [-0.2, -0.15) is 0 Å².